The third-order valence-corrected chi connectivity index (χ3v) is 3.31. The maximum absolute atomic E-state index is 13.1. The summed E-state index contributed by atoms with van der Waals surface area (Å²) in [6, 6.07) is 13.4. The summed E-state index contributed by atoms with van der Waals surface area (Å²) < 4.78 is 18.3. The van der Waals surface area contributed by atoms with Gasteiger partial charge in [-0.2, -0.15) is 0 Å². The van der Waals surface area contributed by atoms with Crippen molar-refractivity contribution in [1.82, 2.24) is 0 Å². The number of methoxy groups -OCH3 is 1. The van der Waals surface area contributed by atoms with Gasteiger partial charge in [-0.25, -0.2) is 4.39 Å². The Bertz CT molecular complexity index is 628. The SMILES string of the molecule is COc1cccc(N(C)CCC(=O)c2cccc(F)c2)c1. The Balaban J connectivity index is 1.97. The quantitative estimate of drug-likeness (QED) is 0.761. The number of nitrogens with zero attached hydrogens (tertiary/aromatic N) is 1. The second-order valence-electron chi connectivity index (χ2n) is 4.81. The van der Waals surface area contributed by atoms with Crippen molar-refractivity contribution in [2.45, 2.75) is 6.42 Å². The van der Waals surface area contributed by atoms with Crippen molar-refractivity contribution in [2.75, 3.05) is 25.6 Å². The molecule has 0 bridgehead atoms. The molecule has 0 radical (unpaired) electrons. The average molecular weight is 287 g/mol. The van der Waals surface area contributed by atoms with Crippen LogP contribution in [0.5, 0.6) is 5.75 Å². The number of benzene rings is 2. The lowest BCUT2D eigenvalue weighted by atomic mass is 10.1. The molecule has 0 aromatic heterocycles. The van der Waals surface area contributed by atoms with Crippen LogP contribution in [-0.2, 0) is 0 Å². The van der Waals surface area contributed by atoms with Crippen LogP contribution < -0.4 is 9.64 Å². The van der Waals surface area contributed by atoms with E-state index in [9.17, 15) is 9.18 Å². The minimum Gasteiger partial charge on any atom is -0.497 e. The normalized spacial score (nSPS) is 10.2. The minimum atomic E-state index is -0.387. The predicted octanol–water partition coefficient (Wildman–Crippen LogP) is 3.54. The molecular weight excluding hydrogens is 269 g/mol. The highest BCUT2D eigenvalue weighted by Gasteiger charge is 2.09. The molecule has 0 saturated heterocycles. The number of anilines is 1. The van der Waals surface area contributed by atoms with E-state index in [4.69, 9.17) is 4.74 Å². The lowest BCUT2D eigenvalue weighted by molar-refractivity contribution is 0.0984. The van der Waals surface area contributed by atoms with Crippen LogP contribution in [0.4, 0.5) is 10.1 Å². The molecule has 4 heteroatoms. The highest BCUT2D eigenvalue weighted by molar-refractivity contribution is 5.96. The maximum Gasteiger partial charge on any atom is 0.164 e. The molecule has 0 spiro atoms. The molecule has 2 aromatic carbocycles. The topological polar surface area (TPSA) is 29.5 Å². The van der Waals surface area contributed by atoms with Gasteiger partial charge in [0.1, 0.15) is 11.6 Å². The molecule has 2 aromatic rings. The molecule has 0 amide bonds. The van der Waals surface area contributed by atoms with E-state index in [0.29, 0.717) is 18.5 Å². The van der Waals surface area contributed by atoms with Crippen LogP contribution in [0.1, 0.15) is 16.8 Å². The van der Waals surface area contributed by atoms with E-state index in [1.54, 1.807) is 19.2 Å². The van der Waals surface area contributed by atoms with Crippen molar-refractivity contribution in [3.63, 3.8) is 0 Å². The molecule has 3 nitrogen and oxygen atoms in total. The van der Waals surface area contributed by atoms with Gasteiger partial charge in [-0.3, -0.25) is 4.79 Å². The number of hydrogen-bond donors (Lipinski definition) is 0. The number of ketones is 1. The summed E-state index contributed by atoms with van der Waals surface area (Å²) in [6.07, 6.45) is 0.331. The van der Waals surface area contributed by atoms with E-state index in [1.807, 2.05) is 36.2 Å². The highest BCUT2D eigenvalue weighted by atomic mass is 19.1. The van der Waals surface area contributed by atoms with Crippen molar-refractivity contribution in [1.29, 1.82) is 0 Å². The monoisotopic (exact) mass is 287 g/mol. The van der Waals surface area contributed by atoms with Gasteiger partial charge < -0.3 is 9.64 Å². The molecule has 0 saturated carbocycles. The van der Waals surface area contributed by atoms with Crippen LogP contribution in [0.15, 0.2) is 48.5 Å². The number of ether oxygens (including phenoxy) is 1. The van der Waals surface area contributed by atoms with Gasteiger partial charge in [0, 0.05) is 37.3 Å². The molecule has 0 aliphatic rings. The van der Waals surface area contributed by atoms with Gasteiger partial charge in [-0.1, -0.05) is 18.2 Å². The zero-order valence-corrected chi connectivity index (χ0v) is 12.2. The molecule has 0 fully saturated rings. The molecule has 21 heavy (non-hydrogen) atoms. The average Bonchev–Trinajstić information content (AvgIpc) is 2.52. The molecule has 2 rings (SSSR count). The Morgan fingerprint density at radius 1 is 1.19 bits per heavy atom. The Morgan fingerprint density at radius 2 is 1.95 bits per heavy atom. The Labute approximate surface area is 124 Å². The fourth-order valence-corrected chi connectivity index (χ4v) is 2.05. The fraction of sp³-hybridized carbons (Fsp3) is 0.235. The summed E-state index contributed by atoms with van der Waals surface area (Å²) in [5, 5.41) is 0. The van der Waals surface area contributed by atoms with E-state index in [1.165, 1.54) is 12.1 Å². The Hall–Kier alpha value is -2.36. The van der Waals surface area contributed by atoms with Crippen LogP contribution in [0.25, 0.3) is 0 Å². The molecule has 0 N–H and O–H groups in total. The summed E-state index contributed by atoms with van der Waals surface area (Å²) >= 11 is 0. The Morgan fingerprint density at radius 3 is 2.67 bits per heavy atom. The van der Waals surface area contributed by atoms with Gasteiger partial charge >= 0.3 is 0 Å². The smallest absolute Gasteiger partial charge is 0.164 e. The maximum atomic E-state index is 13.1. The van der Waals surface area contributed by atoms with E-state index < -0.39 is 0 Å². The zero-order valence-electron chi connectivity index (χ0n) is 12.2. The Kier molecular flexibility index (Phi) is 4.93. The molecule has 0 heterocycles. The number of hydrogen-bond acceptors (Lipinski definition) is 3. The van der Waals surface area contributed by atoms with Gasteiger partial charge in [0.25, 0.3) is 0 Å². The summed E-state index contributed by atoms with van der Waals surface area (Å²) in [6.45, 7) is 0.558. The van der Waals surface area contributed by atoms with Crippen molar-refractivity contribution in [3.8, 4) is 5.75 Å². The van der Waals surface area contributed by atoms with Crippen molar-refractivity contribution in [2.24, 2.45) is 0 Å². The van der Waals surface area contributed by atoms with Crippen molar-refractivity contribution < 1.29 is 13.9 Å². The lowest BCUT2D eigenvalue weighted by Gasteiger charge is -2.19. The third kappa shape index (κ3) is 4.05. The van der Waals surface area contributed by atoms with Gasteiger partial charge in [-0.15, -0.1) is 0 Å². The number of carbonyl (C=O) groups excluding carboxylic acids is 1. The van der Waals surface area contributed by atoms with E-state index in [0.717, 1.165) is 11.4 Å². The fourth-order valence-electron chi connectivity index (χ4n) is 2.05. The molecule has 110 valence electrons. The van der Waals surface area contributed by atoms with Crippen LogP contribution >= 0.6 is 0 Å². The zero-order chi connectivity index (χ0) is 15.2. The standard InChI is InChI=1S/C17H18FNO2/c1-19(15-7-4-8-16(12-15)21-2)10-9-17(20)13-5-3-6-14(18)11-13/h3-8,11-12H,9-10H2,1-2H3. The predicted molar refractivity (Wildman–Crippen MR) is 81.6 cm³/mol. The number of Topliss-reactive ketones (excluding diaryl/α,β-unsaturated/α-hetero) is 1. The number of halogens is 1. The third-order valence-electron chi connectivity index (χ3n) is 3.31. The van der Waals surface area contributed by atoms with Crippen LogP contribution in [0.2, 0.25) is 0 Å². The lowest BCUT2D eigenvalue weighted by Crippen LogP contribution is -2.21. The van der Waals surface area contributed by atoms with Crippen molar-refractivity contribution >= 4 is 11.5 Å². The van der Waals surface area contributed by atoms with Crippen LogP contribution in [0.3, 0.4) is 0 Å². The second kappa shape index (κ2) is 6.88. The highest BCUT2D eigenvalue weighted by Crippen LogP contribution is 2.20. The van der Waals surface area contributed by atoms with Gasteiger partial charge in [0.15, 0.2) is 5.78 Å². The van der Waals surface area contributed by atoms with E-state index in [2.05, 4.69) is 0 Å². The second-order valence-corrected chi connectivity index (χ2v) is 4.81. The van der Waals surface area contributed by atoms with Gasteiger partial charge in [0.2, 0.25) is 0 Å². The van der Waals surface area contributed by atoms with E-state index in [-0.39, 0.29) is 11.6 Å². The van der Waals surface area contributed by atoms with Crippen molar-refractivity contribution in [3.05, 3.63) is 59.9 Å². The molecule has 0 atom stereocenters. The summed E-state index contributed by atoms with van der Waals surface area (Å²) in [5.41, 5.74) is 1.38. The van der Waals surface area contributed by atoms with E-state index >= 15 is 0 Å². The molecule has 0 unspecified atom stereocenters. The first-order valence-electron chi connectivity index (χ1n) is 6.74. The molecular formula is C17H18FNO2. The summed E-state index contributed by atoms with van der Waals surface area (Å²) in [4.78, 5) is 14.0. The number of rotatable bonds is 6. The summed E-state index contributed by atoms with van der Waals surface area (Å²) in [5.74, 6) is 0.321. The first kappa shape index (κ1) is 15.0. The first-order chi connectivity index (χ1) is 10.1. The molecule has 0 aliphatic heterocycles. The van der Waals surface area contributed by atoms with Crippen LogP contribution in [-0.4, -0.2) is 26.5 Å². The van der Waals surface area contributed by atoms with Gasteiger partial charge in [-0.05, 0) is 24.3 Å². The largest absolute Gasteiger partial charge is 0.497 e. The first-order valence-corrected chi connectivity index (χ1v) is 6.74. The molecule has 0 aliphatic carbocycles. The summed E-state index contributed by atoms with van der Waals surface area (Å²) in [7, 11) is 3.53. The number of carbonyl (C=O) groups is 1. The minimum absolute atomic E-state index is 0.0655. The van der Waals surface area contributed by atoms with Gasteiger partial charge in [0.05, 0.1) is 7.11 Å². The van der Waals surface area contributed by atoms with Crippen LogP contribution in [0, 0.1) is 5.82 Å².